The predicted octanol–water partition coefficient (Wildman–Crippen LogP) is 2.90. The van der Waals surface area contributed by atoms with Crippen LogP contribution in [0.1, 0.15) is 36.5 Å². The van der Waals surface area contributed by atoms with Crippen molar-refractivity contribution in [1.82, 2.24) is 4.98 Å². The van der Waals surface area contributed by atoms with Gasteiger partial charge in [-0.2, -0.15) is 0 Å². The van der Waals surface area contributed by atoms with E-state index in [1.807, 2.05) is 31.2 Å². The molecule has 0 aliphatic rings. The van der Waals surface area contributed by atoms with Crippen molar-refractivity contribution in [3.05, 3.63) is 46.2 Å². The molecule has 1 heterocycles. The summed E-state index contributed by atoms with van der Waals surface area (Å²) in [5.41, 5.74) is 1.04. The van der Waals surface area contributed by atoms with Gasteiger partial charge in [0, 0.05) is 29.0 Å². The Morgan fingerprint density at radius 2 is 2.06 bits per heavy atom. The van der Waals surface area contributed by atoms with Crippen molar-refractivity contribution in [3.63, 3.8) is 0 Å². The number of pyridine rings is 1. The number of Topliss-reactive ketones (excluding diaryl/α,β-unsaturated/α-hetero) is 1. The summed E-state index contributed by atoms with van der Waals surface area (Å²) in [5.74, 6) is 0.0501. The molecule has 0 spiro atoms. The topological polar surface area (TPSA) is 49.9 Å². The Kier molecular flexibility index (Phi) is 3.38. The third-order valence-electron chi connectivity index (χ3n) is 2.81. The number of nitrogens with one attached hydrogen (secondary N) is 1. The van der Waals surface area contributed by atoms with E-state index in [-0.39, 0.29) is 11.3 Å². The van der Waals surface area contributed by atoms with Crippen LogP contribution in [0.15, 0.2) is 35.1 Å². The highest BCUT2D eigenvalue weighted by molar-refractivity contribution is 6.07. The average molecular weight is 229 g/mol. The molecule has 0 atom stereocenters. The van der Waals surface area contributed by atoms with Gasteiger partial charge < -0.3 is 4.98 Å². The predicted molar refractivity (Wildman–Crippen MR) is 68.4 cm³/mol. The molecular formula is C14H15NO2. The van der Waals surface area contributed by atoms with Crippen molar-refractivity contribution < 1.29 is 4.79 Å². The Morgan fingerprint density at radius 3 is 2.82 bits per heavy atom. The van der Waals surface area contributed by atoms with E-state index in [0.29, 0.717) is 12.0 Å². The van der Waals surface area contributed by atoms with E-state index in [9.17, 15) is 9.59 Å². The van der Waals surface area contributed by atoms with Crippen LogP contribution in [-0.2, 0) is 0 Å². The number of aromatic amines is 1. The van der Waals surface area contributed by atoms with E-state index in [0.717, 1.165) is 23.7 Å². The molecule has 0 saturated carbocycles. The molecule has 17 heavy (non-hydrogen) atoms. The molecule has 2 aromatic rings. The monoisotopic (exact) mass is 229 g/mol. The van der Waals surface area contributed by atoms with Crippen molar-refractivity contribution in [2.75, 3.05) is 0 Å². The van der Waals surface area contributed by atoms with E-state index >= 15 is 0 Å². The minimum Gasteiger partial charge on any atom is -0.322 e. The zero-order chi connectivity index (χ0) is 12.3. The van der Waals surface area contributed by atoms with Crippen molar-refractivity contribution in [2.24, 2.45) is 0 Å². The second-order valence-corrected chi connectivity index (χ2v) is 4.12. The maximum absolute atomic E-state index is 12.0. The molecule has 0 fully saturated rings. The molecule has 0 unspecified atom stereocenters. The van der Waals surface area contributed by atoms with Crippen LogP contribution in [0.5, 0.6) is 0 Å². The Bertz CT molecular complexity index is 598. The molecule has 0 aliphatic heterocycles. The first-order chi connectivity index (χ1) is 8.22. The third kappa shape index (κ3) is 2.44. The van der Waals surface area contributed by atoms with Gasteiger partial charge in [-0.3, -0.25) is 9.59 Å². The zero-order valence-electron chi connectivity index (χ0n) is 9.82. The number of aromatic nitrogens is 1. The van der Waals surface area contributed by atoms with E-state index in [1.165, 1.54) is 6.07 Å². The van der Waals surface area contributed by atoms with Gasteiger partial charge in [0.2, 0.25) is 5.56 Å². The number of rotatable bonds is 4. The molecule has 0 aliphatic carbocycles. The summed E-state index contributed by atoms with van der Waals surface area (Å²) < 4.78 is 0. The number of carbonyl (C=O) groups is 1. The van der Waals surface area contributed by atoms with Gasteiger partial charge in [-0.25, -0.2) is 0 Å². The highest BCUT2D eigenvalue weighted by Crippen LogP contribution is 2.16. The SMILES string of the molecule is CCCCC(=O)c1cc(=O)[nH]c2ccccc12. The van der Waals surface area contributed by atoms with Crippen LogP contribution in [0.4, 0.5) is 0 Å². The molecule has 1 aromatic heterocycles. The Labute approximate surface area is 99.5 Å². The number of hydrogen-bond acceptors (Lipinski definition) is 2. The minimum absolute atomic E-state index is 0.0501. The van der Waals surface area contributed by atoms with Gasteiger partial charge in [-0.15, -0.1) is 0 Å². The Hall–Kier alpha value is -1.90. The second kappa shape index (κ2) is 4.95. The number of H-pyrrole nitrogens is 1. The van der Waals surface area contributed by atoms with E-state index < -0.39 is 0 Å². The van der Waals surface area contributed by atoms with Gasteiger partial charge in [0.25, 0.3) is 0 Å². The number of fused-ring (bicyclic) bond motifs is 1. The first-order valence-electron chi connectivity index (χ1n) is 5.87. The molecule has 0 saturated heterocycles. The number of unbranched alkanes of at least 4 members (excludes halogenated alkanes) is 1. The first-order valence-corrected chi connectivity index (χ1v) is 5.87. The van der Waals surface area contributed by atoms with E-state index in [2.05, 4.69) is 4.98 Å². The first kappa shape index (κ1) is 11.6. The summed E-state index contributed by atoms with van der Waals surface area (Å²) in [4.78, 5) is 26.2. The Morgan fingerprint density at radius 1 is 1.29 bits per heavy atom. The van der Waals surface area contributed by atoms with Crippen LogP contribution in [0.2, 0.25) is 0 Å². The lowest BCUT2D eigenvalue weighted by Crippen LogP contribution is -2.10. The lowest BCUT2D eigenvalue weighted by Gasteiger charge is -2.04. The fourth-order valence-corrected chi connectivity index (χ4v) is 1.91. The van der Waals surface area contributed by atoms with Gasteiger partial charge in [0.1, 0.15) is 0 Å². The van der Waals surface area contributed by atoms with Gasteiger partial charge in [0.05, 0.1) is 0 Å². The van der Waals surface area contributed by atoms with Crippen LogP contribution >= 0.6 is 0 Å². The van der Waals surface area contributed by atoms with Crippen LogP contribution in [-0.4, -0.2) is 10.8 Å². The van der Waals surface area contributed by atoms with Crippen LogP contribution in [0.25, 0.3) is 10.9 Å². The van der Waals surface area contributed by atoms with E-state index in [4.69, 9.17) is 0 Å². The summed E-state index contributed by atoms with van der Waals surface area (Å²) in [5, 5.41) is 0.827. The molecule has 3 nitrogen and oxygen atoms in total. The molecular weight excluding hydrogens is 214 g/mol. The normalized spacial score (nSPS) is 10.6. The molecule has 1 aromatic carbocycles. The smallest absolute Gasteiger partial charge is 0.249 e. The number of carbonyl (C=O) groups excluding carboxylic acids is 1. The van der Waals surface area contributed by atoms with Crippen molar-refractivity contribution >= 4 is 16.7 Å². The van der Waals surface area contributed by atoms with Crippen molar-refractivity contribution in [3.8, 4) is 0 Å². The highest BCUT2D eigenvalue weighted by Gasteiger charge is 2.10. The molecule has 88 valence electrons. The van der Waals surface area contributed by atoms with Gasteiger partial charge >= 0.3 is 0 Å². The van der Waals surface area contributed by atoms with Gasteiger partial charge in [0.15, 0.2) is 5.78 Å². The van der Waals surface area contributed by atoms with Crippen molar-refractivity contribution in [1.29, 1.82) is 0 Å². The molecule has 0 radical (unpaired) electrons. The lowest BCUT2D eigenvalue weighted by atomic mass is 10.0. The molecule has 3 heteroatoms. The summed E-state index contributed by atoms with van der Waals surface area (Å²) in [6.07, 6.45) is 2.34. The average Bonchev–Trinajstić information content (AvgIpc) is 2.34. The number of benzene rings is 1. The summed E-state index contributed by atoms with van der Waals surface area (Å²) in [6, 6.07) is 8.80. The van der Waals surface area contributed by atoms with Gasteiger partial charge in [-0.05, 0) is 12.5 Å². The minimum atomic E-state index is -0.219. The third-order valence-corrected chi connectivity index (χ3v) is 2.81. The molecule has 0 amide bonds. The summed E-state index contributed by atoms with van der Waals surface area (Å²) >= 11 is 0. The fraction of sp³-hybridized carbons (Fsp3) is 0.286. The van der Waals surface area contributed by atoms with E-state index in [1.54, 1.807) is 0 Å². The second-order valence-electron chi connectivity index (χ2n) is 4.12. The highest BCUT2D eigenvalue weighted by atomic mass is 16.1. The van der Waals surface area contributed by atoms with Crippen LogP contribution in [0.3, 0.4) is 0 Å². The largest absolute Gasteiger partial charge is 0.322 e. The lowest BCUT2D eigenvalue weighted by molar-refractivity contribution is 0.0981. The zero-order valence-corrected chi connectivity index (χ0v) is 9.82. The summed E-state index contributed by atoms with van der Waals surface area (Å²) in [6.45, 7) is 2.04. The van der Waals surface area contributed by atoms with Crippen LogP contribution in [0, 0.1) is 0 Å². The maximum atomic E-state index is 12.0. The van der Waals surface area contributed by atoms with Crippen LogP contribution < -0.4 is 5.56 Å². The maximum Gasteiger partial charge on any atom is 0.249 e. The summed E-state index contributed by atoms with van der Waals surface area (Å²) in [7, 11) is 0. The standard InChI is InChI=1S/C14H15NO2/c1-2-3-8-13(16)11-9-14(17)15-12-7-5-4-6-10(11)12/h4-7,9H,2-3,8H2,1H3,(H,15,17). The van der Waals surface area contributed by atoms with Gasteiger partial charge in [-0.1, -0.05) is 31.5 Å². The fourth-order valence-electron chi connectivity index (χ4n) is 1.91. The number of ketones is 1. The number of hydrogen-bond donors (Lipinski definition) is 1. The molecule has 1 N–H and O–H groups in total. The number of para-hydroxylation sites is 1. The molecule has 0 bridgehead atoms. The molecule has 2 rings (SSSR count). The van der Waals surface area contributed by atoms with Crippen molar-refractivity contribution in [2.45, 2.75) is 26.2 Å². The quantitative estimate of drug-likeness (QED) is 0.819. The Balaban J connectivity index is 2.52.